The quantitative estimate of drug-likeness (QED) is 0.276. The molecule has 212 valence electrons. The fraction of sp³-hybridized carbons (Fsp3) is 0.423. The number of aromatic nitrogens is 7. The Morgan fingerprint density at radius 2 is 1.88 bits per heavy atom. The van der Waals surface area contributed by atoms with E-state index in [0.29, 0.717) is 45.9 Å². The van der Waals surface area contributed by atoms with Crippen molar-refractivity contribution in [2.75, 3.05) is 12.0 Å². The van der Waals surface area contributed by atoms with E-state index in [4.69, 9.17) is 16.3 Å². The second-order valence-electron chi connectivity index (χ2n) is 10.0. The number of ether oxygens (including phenoxy) is 1. The summed E-state index contributed by atoms with van der Waals surface area (Å²) < 4.78 is 50.7. The van der Waals surface area contributed by atoms with Gasteiger partial charge in [0.2, 0.25) is 17.7 Å². The summed E-state index contributed by atoms with van der Waals surface area (Å²) in [6, 6.07) is 4.78. The molecule has 10 nitrogen and oxygen atoms in total. The fourth-order valence-corrected chi connectivity index (χ4v) is 4.87. The molecule has 4 aromatic rings. The van der Waals surface area contributed by atoms with Crippen LogP contribution < -0.4 is 9.64 Å². The number of alkyl halides is 3. The maximum atomic E-state index is 13.4. The zero-order valence-electron chi connectivity index (χ0n) is 22.6. The van der Waals surface area contributed by atoms with E-state index in [-0.39, 0.29) is 36.8 Å². The lowest BCUT2D eigenvalue weighted by Crippen LogP contribution is -2.37. The monoisotopic (exact) mass is 576 g/mol. The van der Waals surface area contributed by atoms with Gasteiger partial charge in [-0.1, -0.05) is 23.7 Å². The first kappa shape index (κ1) is 27.7. The summed E-state index contributed by atoms with van der Waals surface area (Å²) in [4.78, 5) is 23.1. The van der Waals surface area contributed by atoms with Crippen molar-refractivity contribution in [1.29, 1.82) is 0 Å². The summed E-state index contributed by atoms with van der Waals surface area (Å²) in [5.41, 5.74) is 0.692. The molecule has 5 rings (SSSR count). The number of nitrogens with zero attached hydrogens (tertiary/aromatic N) is 8. The Hall–Kier alpha value is -3.87. The lowest BCUT2D eigenvalue weighted by atomic mass is 10.1. The number of carbonyl (C=O) groups excluding carboxylic acids is 1. The molecule has 40 heavy (non-hydrogen) atoms. The van der Waals surface area contributed by atoms with Gasteiger partial charge >= 0.3 is 6.18 Å². The van der Waals surface area contributed by atoms with Gasteiger partial charge in [0.15, 0.2) is 5.69 Å². The number of halogens is 4. The molecule has 14 heteroatoms. The smallest absolute Gasteiger partial charge is 0.434 e. The van der Waals surface area contributed by atoms with Crippen LogP contribution in [0.15, 0.2) is 30.6 Å². The molecule has 0 bridgehead atoms. The Balaban J connectivity index is 1.50. The molecular formula is C26H28ClF3N8O2. The highest BCUT2D eigenvalue weighted by atomic mass is 35.5. The van der Waals surface area contributed by atoms with E-state index in [2.05, 4.69) is 20.2 Å². The molecule has 1 aliphatic heterocycles. The van der Waals surface area contributed by atoms with Crippen molar-refractivity contribution >= 4 is 23.5 Å². The second-order valence-corrected chi connectivity index (χ2v) is 10.5. The maximum Gasteiger partial charge on any atom is 0.434 e. The van der Waals surface area contributed by atoms with Crippen LogP contribution in [0.5, 0.6) is 5.75 Å². The van der Waals surface area contributed by atoms with Crippen LogP contribution in [0, 0.1) is 0 Å². The maximum absolute atomic E-state index is 13.4. The topological polar surface area (TPSA) is 95.9 Å². The van der Waals surface area contributed by atoms with E-state index in [1.54, 1.807) is 41.4 Å². The van der Waals surface area contributed by atoms with E-state index in [0.717, 1.165) is 6.20 Å². The number of hydrogen-bond acceptors (Lipinski definition) is 6. The van der Waals surface area contributed by atoms with Crippen molar-refractivity contribution in [3.8, 4) is 28.7 Å². The van der Waals surface area contributed by atoms with Crippen LogP contribution in [-0.4, -0.2) is 47.1 Å². The van der Waals surface area contributed by atoms with Gasteiger partial charge in [-0.2, -0.15) is 23.3 Å². The van der Waals surface area contributed by atoms with E-state index in [1.807, 2.05) is 13.8 Å². The van der Waals surface area contributed by atoms with E-state index in [9.17, 15) is 18.0 Å². The molecule has 0 aliphatic carbocycles. The van der Waals surface area contributed by atoms with Crippen LogP contribution >= 0.6 is 11.6 Å². The number of fused-ring (bicyclic) bond motifs is 1. The highest BCUT2D eigenvalue weighted by Crippen LogP contribution is 2.36. The van der Waals surface area contributed by atoms with Crippen molar-refractivity contribution in [3.05, 3.63) is 46.9 Å². The molecule has 3 aromatic heterocycles. The summed E-state index contributed by atoms with van der Waals surface area (Å²) in [5, 5.41) is 9.32. The third kappa shape index (κ3) is 4.93. The number of methoxy groups -OCH3 is 1. The van der Waals surface area contributed by atoms with E-state index < -0.39 is 11.9 Å². The molecule has 0 N–H and O–H groups in total. The number of amides is 1. The van der Waals surface area contributed by atoms with Gasteiger partial charge < -0.3 is 9.30 Å². The van der Waals surface area contributed by atoms with E-state index >= 15 is 0 Å². The molecule has 0 radical (unpaired) electrons. The molecule has 4 heterocycles. The second kappa shape index (κ2) is 10.3. The number of aryl methyl sites for hydroxylation is 1. The zero-order valence-corrected chi connectivity index (χ0v) is 23.3. The summed E-state index contributed by atoms with van der Waals surface area (Å²) in [7, 11) is 1.46. The summed E-state index contributed by atoms with van der Waals surface area (Å²) in [6.07, 6.45) is -1.80. The average molecular weight is 577 g/mol. The largest absolute Gasteiger partial charge is 0.496 e. The molecular weight excluding hydrogens is 549 g/mol. The number of hydrogen-bond donors (Lipinski definition) is 0. The first-order valence-corrected chi connectivity index (χ1v) is 13.1. The molecule has 0 spiro atoms. The highest BCUT2D eigenvalue weighted by Gasteiger charge is 2.35. The van der Waals surface area contributed by atoms with Crippen LogP contribution in [0.25, 0.3) is 22.9 Å². The number of anilines is 1. The zero-order chi connectivity index (χ0) is 28.9. The van der Waals surface area contributed by atoms with Gasteiger partial charge in [-0.05, 0) is 33.8 Å². The van der Waals surface area contributed by atoms with Crippen LogP contribution in [0.2, 0.25) is 5.02 Å². The molecule has 1 amide bonds. The van der Waals surface area contributed by atoms with Gasteiger partial charge in [0, 0.05) is 35.8 Å². The molecule has 1 aliphatic rings. The van der Waals surface area contributed by atoms with Gasteiger partial charge in [-0.15, -0.1) is 5.10 Å². The Morgan fingerprint density at radius 1 is 1.12 bits per heavy atom. The van der Waals surface area contributed by atoms with Crippen LogP contribution in [0.4, 0.5) is 19.1 Å². The van der Waals surface area contributed by atoms with Crippen molar-refractivity contribution in [2.24, 2.45) is 0 Å². The lowest BCUT2D eigenvalue weighted by Gasteiger charge is -2.26. The molecule has 0 fully saturated rings. The van der Waals surface area contributed by atoms with Crippen molar-refractivity contribution in [3.63, 3.8) is 0 Å². The third-order valence-electron chi connectivity index (χ3n) is 6.64. The Bertz CT molecular complexity index is 1570. The van der Waals surface area contributed by atoms with Crippen LogP contribution in [0.1, 0.15) is 57.5 Å². The number of carbonyl (C=O) groups is 1. The summed E-state index contributed by atoms with van der Waals surface area (Å²) in [5.74, 6) is 1.13. The average Bonchev–Trinajstić information content (AvgIpc) is 3.62. The van der Waals surface area contributed by atoms with Crippen LogP contribution in [-0.2, 0) is 24.1 Å². The Labute approximate surface area is 233 Å². The van der Waals surface area contributed by atoms with Gasteiger partial charge in [0.25, 0.3) is 0 Å². The van der Waals surface area contributed by atoms with Crippen molar-refractivity contribution in [2.45, 2.75) is 65.5 Å². The normalized spacial score (nSPS) is 14.0. The summed E-state index contributed by atoms with van der Waals surface area (Å²) >= 11 is 6.40. The number of imidazole rings is 1. The molecule has 0 saturated heterocycles. The van der Waals surface area contributed by atoms with Gasteiger partial charge in [0.1, 0.15) is 17.3 Å². The highest BCUT2D eigenvalue weighted by molar-refractivity contribution is 6.32. The standard InChI is InChI=1S/C26H28ClF3N8O2/c1-14(2)35-13-20(26(28,29)30)32-24(35)16-6-7-17(19(10-16)40-5)12-36-21(39)8-9-37-25(36)33-23(34-37)22-18(27)11-31-38(22)15(3)4/h6-7,10-11,13-15H,8-9,12H2,1-5H3. The fourth-order valence-electron chi connectivity index (χ4n) is 4.65. The van der Waals surface area contributed by atoms with Gasteiger partial charge in [-0.25, -0.2) is 9.67 Å². The summed E-state index contributed by atoms with van der Waals surface area (Å²) in [6.45, 7) is 7.97. The minimum absolute atomic E-state index is 0.0158. The molecule has 0 saturated carbocycles. The predicted octanol–water partition coefficient (Wildman–Crippen LogP) is 5.78. The van der Waals surface area contributed by atoms with E-state index in [1.165, 1.54) is 22.8 Å². The van der Waals surface area contributed by atoms with Crippen LogP contribution in [0.3, 0.4) is 0 Å². The van der Waals surface area contributed by atoms with Crippen molar-refractivity contribution in [1.82, 2.24) is 34.1 Å². The molecule has 0 atom stereocenters. The van der Waals surface area contributed by atoms with Crippen molar-refractivity contribution < 1.29 is 22.7 Å². The number of rotatable bonds is 7. The molecule has 0 unspecified atom stereocenters. The SMILES string of the molecule is COc1cc(-c2nc(C(F)(F)F)cn2C(C)C)ccc1CN1C(=O)CCn2nc(-c3c(Cl)cnn3C(C)C)nc21. The van der Waals surface area contributed by atoms with Gasteiger partial charge in [0.05, 0.1) is 31.4 Å². The molecule has 1 aromatic carbocycles. The Kier molecular flexibility index (Phi) is 7.11. The first-order chi connectivity index (χ1) is 18.9. The first-order valence-electron chi connectivity index (χ1n) is 12.7. The van der Waals surface area contributed by atoms with Gasteiger partial charge in [-0.3, -0.25) is 14.4 Å². The lowest BCUT2D eigenvalue weighted by molar-refractivity contribution is -0.140. The third-order valence-corrected chi connectivity index (χ3v) is 6.91. The Morgan fingerprint density at radius 3 is 2.52 bits per heavy atom. The minimum Gasteiger partial charge on any atom is -0.496 e. The predicted molar refractivity (Wildman–Crippen MR) is 142 cm³/mol. The number of benzene rings is 1. The minimum atomic E-state index is -4.57.